The van der Waals surface area contributed by atoms with Gasteiger partial charge >= 0.3 is 6.09 Å². The Morgan fingerprint density at radius 3 is 2.44 bits per heavy atom. The van der Waals surface area contributed by atoms with E-state index in [0.717, 1.165) is 24.2 Å². The maximum Gasteiger partial charge on any atom is 0.408 e. The number of rotatable bonds is 11. The minimum atomic E-state index is -1.48. The summed E-state index contributed by atoms with van der Waals surface area (Å²) in [6.07, 6.45) is 6.67. The molecule has 0 bridgehead atoms. The summed E-state index contributed by atoms with van der Waals surface area (Å²) >= 11 is 0. The highest BCUT2D eigenvalue weighted by Gasteiger charge is 2.36. The molecule has 0 spiro atoms. The van der Waals surface area contributed by atoms with Crippen molar-refractivity contribution in [1.82, 2.24) is 15.5 Å². The molecule has 5 N–H and O–H groups in total. The Morgan fingerprint density at radius 2 is 1.91 bits per heavy atom. The van der Waals surface area contributed by atoms with Gasteiger partial charge in [-0.3, -0.25) is 19.3 Å². The number of carbonyl (C=O) groups excluding carboxylic acids is 4. The number of unbranched alkanes of at least 4 members (excludes halogenated alkanes) is 2. The zero-order valence-electron chi connectivity index (χ0n) is 20.1. The van der Waals surface area contributed by atoms with Crippen LogP contribution in [0.3, 0.4) is 0 Å². The number of nitrogens with one attached hydrogen (secondary N) is 2. The molecule has 2 unspecified atom stereocenters. The molecule has 0 fully saturated rings. The van der Waals surface area contributed by atoms with Crippen LogP contribution in [-0.2, 0) is 19.1 Å². The number of benzene rings is 1. The summed E-state index contributed by atoms with van der Waals surface area (Å²) in [5, 5.41) is 15.0. The van der Waals surface area contributed by atoms with Crippen molar-refractivity contribution in [3.63, 3.8) is 0 Å². The Hall–Kier alpha value is -3.74. The van der Waals surface area contributed by atoms with Crippen molar-refractivity contribution in [1.29, 1.82) is 0 Å². The van der Waals surface area contributed by atoms with Gasteiger partial charge in [0.25, 0.3) is 5.91 Å². The lowest BCUT2D eigenvalue weighted by Crippen LogP contribution is -2.52. The average Bonchev–Trinajstić information content (AvgIpc) is 2.72. The van der Waals surface area contributed by atoms with Crippen LogP contribution in [0.5, 0.6) is 5.75 Å². The highest BCUT2D eigenvalue weighted by Crippen LogP contribution is 2.25. The molecule has 0 aliphatic carbocycles. The van der Waals surface area contributed by atoms with Gasteiger partial charge in [0, 0.05) is 12.6 Å². The van der Waals surface area contributed by atoms with E-state index in [1.165, 1.54) is 24.3 Å². The average molecular weight is 475 g/mol. The molecule has 0 heterocycles. The van der Waals surface area contributed by atoms with Crippen molar-refractivity contribution < 1.29 is 29.0 Å². The summed E-state index contributed by atoms with van der Waals surface area (Å²) in [6.45, 7) is 7.27. The predicted octanol–water partition coefficient (Wildman–Crippen LogP) is 1.93. The highest BCUT2D eigenvalue weighted by atomic mass is 16.6. The van der Waals surface area contributed by atoms with E-state index in [0.29, 0.717) is 6.54 Å². The number of primary amides is 1. The molecule has 0 aliphatic heterocycles. The maximum absolute atomic E-state index is 13.4. The number of ether oxygens (including phenoxy) is 1. The first-order valence-electron chi connectivity index (χ1n) is 11.0. The lowest BCUT2D eigenvalue weighted by Gasteiger charge is -2.30. The molecule has 0 aliphatic rings. The Balaban J connectivity index is 3.30. The van der Waals surface area contributed by atoms with E-state index in [1.807, 2.05) is 6.92 Å². The standard InChI is InChI=1S/C24H34N4O6/c1-6-8-9-13-26-21(31)20(16-11-10-12-17(29)14-16)28(7-2)22(32)18(15-19(25)30)27-23(33)34-24(3,4)5/h2,10-12,14,18,20,29H,6,8-9,13,15H2,1,3-5H3,(H2,25,30)(H,26,31)(H,27,33). The third kappa shape index (κ3) is 9.40. The Morgan fingerprint density at radius 1 is 1.24 bits per heavy atom. The van der Waals surface area contributed by atoms with Crippen molar-refractivity contribution in [3.05, 3.63) is 29.8 Å². The minimum Gasteiger partial charge on any atom is -0.508 e. The quantitative estimate of drug-likeness (QED) is 0.219. The molecule has 0 aromatic heterocycles. The number of terminal acetylenes is 1. The van der Waals surface area contributed by atoms with Crippen molar-refractivity contribution in [3.8, 4) is 18.2 Å². The SMILES string of the molecule is C#CN(C(=O)C(CC(N)=O)NC(=O)OC(C)(C)C)C(C(=O)NCCCCC)c1cccc(O)c1. The molecular weight excluding hydrogens is 440 g/mol. The van der Waals surface area contributed by atoms with Gasteiger partial charge in [-0.15, -0.1) is 0 Å². The van der Waals surface area contributed by atoms with Crippen LogP contribution in [-0.4, -0.2) is 52.0 Å². The summed E-state index contributed by atoms with van der Waals surface area (Å²) in [5.41, 5.74) is 4.65. The van der Waals surface area contributed by atoms with E-state index in [1.54, 1.807) is 20.8 Å². The number of hydrogen-bond acceptors (Lipinski definition) is 6. The van der Waals surface area contributed by atoms with E-state index in [4.69, 9.17) is 16.9 Å². The van der Waals surface area contributed by atoms with Crippen molar-refractivity contribution >= 4 is 23.8 Å². The molecule has 186 valence electrons. The van der Waals surface area contributed by atoms with Gasteiger partial charge in [-0.25, -0.2) is 4.79 Å². The molecule has 34 heavy (non-hydrogen) atoms. The number of phenols is 1. The van der Waals surface area contributed by atoms with Gasteiger partial charge in [0.15, 0.2) is 0 Å². The second kappa shape index (κ2) is 13.1. The maximum atomic E-state index is 13.4. The molecule has 2 atom stereocenters. The molecule has 1 aromatic carbocycles. The number of nitrogens with zero attached hydrogens (tertiary/aromatic N) is 1. The van der Waals surface area contributed by atoms with E-state index >= 15 is 0 Å². The normalized spacial score (nSPS) is 12.6. The number of phenolic OH excluding ortho intramolecular Hbond substituents is 1. The second-order valence-corrected chi connectivity index (χ2v) is 8.70. The van der Waals surface area contributed by atoms with Gasteiger partial charge in [0.2, 0.25) is 11.8 Å². The summed E-state index contributed by atoms with van der Waals surface area (Å²) in [5.74, 6) is -2.50. The molecule has 10 nitrogen and oxygen atoms in total. The fourth-order valence-electron chi connectivity index (χ4n) is 3.08. The first-order chi connectivity index (χ1) is 15.9. The van der Waals surface area contributed by atoms with Crippen molar-refractivity contribution in [2.45, 2.75) is 71.1 Å². The molecule has 1 aromatic rings. The van der Waals surface area contributed by atoms with Gasteiger partial charge in [-0.05, 0) is 44.9 Å². The number of aromatic hydroxyl groups is 1. The number of carbonyl (C=O) groups is 4. The van der Waals surface area contributed by atoms with Crippen LogP contribution in [0, 0.1) is 12.5 Å². The van der Waals surface area contributed by atoms with Crippen LogP contribution < -0.4 is 16.4 Å². The first kappa shape index (κ1) is 28.3. The summed E-state index contributed by atoms with van der Waals surface area (Å²) < 4.78 is 5.16. The van der Waals surface area contributed by atoms with Gasteiger partial charge in [0.1, 0.15) is 23.4 Å². The Kier molecular flexibility index (Phi) is 10.9. The highest BCUT2D eigenvalue weighted by molar-refractivity contribution is 5.95. The van der Waals surface area contributed by atoms with Crippen LogP contribution in [0.1, 0.15) is 65.0 Å². The van der Waals surface area contributed by atoms with Gasteiger partial charge in [-0.1, -0.05) is 38.3 Å². The zero-order valence-corrected chi connectivity index (χ0v) is 20.1. The lowest BCUT2D eigenvalue weighted by molar-refractivity contribution is -0.139. The summed E-state index contributed by atoms with van der Waals surface area (Å²) in [4.78, 5) is 51.1. The lowest BCUT2D eigenvalue weighted by atomic mass is 10.0. The molecule has 4 amide bonds. The predicted molar refractivity (Wildman–Crippen MR) is 126 cm³/mol. The summed E-state index contributed by atoms with van der Waals surface area (Å²) in [6, 6.07) is 5.10. The van der Waals surface area contributed by atoms with E-state index in [2.05, 4.69) is 16.7 Å². The first-order valence-corrected chi connectivity index (χ1v) is 11.0. The van der Waals surface area contributed by atoms with Crippen molar-refractivity contribution in [2.75, 3.05) is 6.54 Å². The number of hydrogen-bond donors (Lipinski definition) is 4. The Bertz CT molecular complexity index is 919. The van der Waals surface area contributed by atoms with Crippen LogP contribution in [0.15, 0.2) is 24.3 Å². The molecule has 1 rings (SSSR count). The molecular formula is C24H34N4O6. The topological polar surface area (TPSA) is 151 Å². The molecule has 0 radical (unpaired) electrons. The van der Waals surface area contributed by atoms with Crippen LogP contribution in [0.25, 0.3) is 0 Å². The fourth-order valence-corrected chi connectivity index (χ4v) is 3.08. The molecule has 10 heteroatoms. The van der Waals surface area contributed by atoms with Crippen molar-refractivity contribution in [2.24, 2.45) is 5.73 Å². The fraction of sp³-hybridized carbons (Fsp3) is 0.500. The smallest absolute Gasteiger partial charge is 0.408 e. The minimum absolute atomic E-state index is 0.133. The Labute approximate surface area is 200 Å². The third-order valence-electron chi connectivity index (χ3n) is 4.54. The van der Waals surface area contributed by atoms with Crippen LogP contribution >= 0.6 is 0 Å². The van der Waals surface area contributed by atoms with Gasteiger partial charge < -0.3 is 26.2 Å². The third-order valence-corrected chi connectivity index (χ3v) is 4.54. The number of alkyl carbamates (subject to hydrolysis) is 1. The number of nitrogens with two attached hydrogens (primary N) is 1. The van der Waals surface area contributed by atoms with Crippen LogP contribution in [0.2, 0.25) is 0 Å². The second-order valence-electron chi connectivity index (χ2n) is 8.70. The molecule has 0 saturated carbocycles. The van der Waals surface area contributed by atoms with Crippen LogP contribution in [0.4, 0.5) is 4.79 Å². The van der Waals surface area contributed by atoms with E-state index in [-0.39, 0.29) is 11.3 Å². The molecule has 0 saturated heterocycles. The van der Waals surface area contributed by atoms with E-state index in [9.17, 15) is 24.3 Å². The number of amides is 4. The zero-order chi connectivity index (χ0) is 25.9. The van der Waals surface area contributed by atoms with Gasteiger partial charge in [-0.2, -0.15) is 0 Å². The summed E-state index contributed by atoms with van der Waals surface area (Å²) in [7, 11) is 0. The largest absolute Gasteiger partial charge is 0.508 e. The monoisotopic (exact) mass is 474 g/mol. The van der Waals surface area contributed by atoms with Gasteiger partial charge in [0.05, 0.1) is 6.42 Å². The van der Waals surface area contributed by atoms with E-state index < -0.39 is 47.9 Å².